The average Bonchev–Trinajstić information content (AvgIpc) is 3.24. The Bertz CT molecular complexity index is 1630. The fourth-order valence-electron chi connectivity index (χ4n) is 7.17. The highest BCUT2D eigenvalue weighted by atomic mass is 15.2. The molecule has 1 spiro atoms. The topological polar surface area (TPSA) is 3.24 Å². The van der Waals surface area contributed by atoms with Crippen LogP contribution in [0.15, 0.2) is 115 Å². The molecule has 0 bridgehead atoms. The maximum atomic E-state index is 2.60. The van der Waals surface area contributed by atoms with Crippen LogP contribution >= 0.6 is 0 Å². The summed E-state index contributed by atoms with van der Waals surface area (Å²) in [5.74, 6) is 0.404. The lowest BCUT2D eigenvalue weighted by Crippen LogP contribution is -2.40. The van der Waals surface area contributed by atoms with Gasteiger partial charge in [-0.25, -0.2) is 0 Å². The largest absolute Gasteiger partial charge is 0.338 e. The Labute approximate surface area is 226 Å². The normalized spacial score (nSPS) is 14.4. The third-order valence-corrected chi connectivity index (χ3v) is 8.58. The number of hydrogen-bond donors (Lipinski definition) is 0. The predicted octanol–water partition coefficient (Wildman–Crippen LogP) is 9.70. The summed E-state index contributed by atoms with van der Waals surface area (Å²) in [7, 11) is 0. The molecule has 0 unspecified atom stereocenters. The number of fused-ring (bicyclic) bond motifs is 9. The van der Waals surface area contributed by atoms with Crippen LogP contribution in [0.5, 0.6) is 0 Å². The van der Waals surface area contributed by atoms with Crippen LogP contribution in [-0.2, 0) is 5.41 Å². The highest BCUT2D eigenvalue weighted by molar-refractivity contribution is 5.98. The second-order valence-electron chi connectivity index (χ2n) is 11.3. The van der Waals surface area contributed by atoms with Gasteiger partial charge in [-0.1, -0.05) is 123 Å². The molecule has 0 radical (unpaired) electrons. The highest BCUT2D eigenvalue weighted by Gasteiger charge is 2.52. The molecule has 1 aliphatic heterocycles. The molecular weight excluding hydrogens is 458 g/mol. The summed E-state index contributed by atoms with van der Waals surface area (Å²) in [6, 6.07) is 43.4. The van der Waals surface area contributed by atoms with E-state index in [1.54, 1.807) is 0 Å². The molecule has 1 aliphatic carbocycles. The van der Waals surface area contributed by atoms with Crippen molar-refractivity contribution in [2.24, 2.45) is 0 Å². The zero-order valence-corrected chi connectivity index (χ0v) is 22.6. The zero-order chi connectivity index (χ0) is 26.0. The van der Waals surface area contributed by atoms with Gasteiger partial charge in [-0.2, -0.15) is 0 Å². The molecule has 1 heteroatoms. The van der Waals surface area contributed by atoms with Crippen molar-refractivity contribution in [3.05, 3.63) is 143 Å². The molecule has 0 N–H and O–H groups in total. The van der Waals surface area contributed by atoms with Crippen LogP contribution in [0.2, 0.25) is 0 Å². The van der Waals surface area contributed by atoms with Crippen LogP contribution in [-0.4, -0.2) is 6.04 Å². The van der Waals surface area contributed by atoms with Gasteiger partial charge in [0.05, 0.1) is 11.1 Å². The average molecular weight is 492 g/mol. The Hall–Kier alpha value is -4.10. The van der Waals surface area contributed by atoms with E-state index in [1.165, 1.54) is 61.4 Å². The fraction of sp³-hybridized carbons (Fsp3) is 0.189. The van der Waals surface area contributed by atoms with Gasteiger partial charge in [-0.05, 0) is 70.3 Å². The number of benzene rings is 5. The number of anilines is 2. The lowest BCUT2D eigenvalue weighted by Gasteiger charge is -2.48. The minimum atomic E-state index is -0.371. The molecule has 0 atom stereocenters. The zero-order valence-electron chi connectivity index (χ0n) is 22.6. The van der Waals surface area contributed by atoms with Crippen molar-refractivity contribution in [2.75, 3.05) is 4.90 Å². The smallest absolute Gasteiger partial charge is 0.0754 e. The molecule has 0 saturated heterocycles. The first-order valence-electron chi connectivity index (χ1n) is 13.9. The van der Waals surface area contributed by atoms with E-state index in [4.69, 9.17) is 0 Å². The van der Waals surface area contributed by atoms with Crippen molar-refractivity contribution in [1.29, 1.82) is 0 Å². The van der Waals surface area contributed by atoms with Gasteiger partial charge in [0.2, 0.25) is 0 Å². The molecule has 1 nitrogen and oxygen atoms in total. The SMILES string of the molecule is CC(C)c1ccc2c(c1-c1ccccc1)N(C(C)C)c1ccccc1C21c2ccccc2-c2ccccc21. The summed E-state index contributed by atoms with van der Waals surface area (Å²) in [4.78, 5) is 2.60. The summed E-state index contributed by atoms with van der Waals surface area (Å²) >= 11 is 0. The monoisotopic (exact) mass is 491 g/mol. The van der Waals surface area contributed by atoms with Crippen LogP contribution < -0.4 is 4.90 Å². The quantitative estimate of drug-likeness (QED) is 0.238. The molecule has 1 heterocycles. The molecule has 0 saturated carbocycles. The van der Waals surface area contributed by atoms with Crippen LogP contribution in [0.4, 0.5) is 11.4 Å². The Morgan fingerprint density at radius 3 is 1.68 bits per heavy atom. The van der Waals surface area contributed by atoms with Crippen LogP contribution in [0.1, 0.15) is 61.4 Å². The number of nitrogens with zero attached hydrogens (tertiary/aromatic N) is 1. The summed E-state index contributed by atoms with van der Waals surface area (Å²) < 4.78 is 0. The van der Waals surface area contributed by atoms with Crippen LogP contribution in [0.3, 0.4) is 0 Å². The van der Waals surface area contributed by atoms with Gasteiger partial charge in [-0.15, -0.1) is 0 Å². The van der Waals surface area contributed by atoms with Gasteiger partial charge >= 0.3 is 0 Å². The molecule has 0 amide bonds. The minimum Gasteiger partial charge on any atom is -0.338 e. The fourth-order valence-corrected chi connectivity index (χ4v) is 7.17. The maximum absolute atomic E-state index is 2.60. The summed E-state index contributed by atoms with van der Waals surface area (Å²) in [5, 5.41) is 0. The molecule has 0 fully saturated rings. The standard InChI is InChI=1S/C37H33N/c1-24(2)27-22-23-33-36(35(27)26-14-6-5-7-15-26)38(25(3)4)34-21-13-12-20-32(34)37(33)30-18-10-8-16-28(30)29-17-9-11-19-31(29)37/h5-25H,1-4H3. The molecule has 2 aliphatic rings. The van der Waals surface area contributed by atoms with E-state index in [-0.39, 0.29) is 5.41 Å². The van der Waals surface area contributed by atoms with Gasteiger partial charge in [-0.3, -0.25) is 0 Å². The van der Waals surface area contributed by atoms with Gasteiger partial charge in [0, 0.05) is 17.3 Å². The van der Waals surface area contributed by atoms with Crippen molar-refractivity contribution in [2.45, 2.75) is 45.1 Å². The van der Waals surface area contributed by atoms with E-state index in [1.807, 2.05) is 0 Å². The summed E-state index contributed by atoms with van der Waals surface area (Å²) in [5.41, 5.74) is 14.5. The van der Waals surface area contributed by atoms with Crippen LogP contribution in [0.25, 0.3) is 22.3 Å². The Balaban J connectivity index is 1.72. The summed E-state index contributed by atoms with van der Waals surface area (Å²) in [6.07, 6.45) is 0. The molecular formula is C37H33N. The summed E-state index contributed by atoms with van der Waals surface area (Å²) in [6.45, 7) is 9.29. The van der Waals surface area contributed by atoms with Crippen molar-refractivity contribution >= 4 is 11.4 Å². The molecule has 0 aromatic heterocycles. The van der Waals surface area contributed by atoms with E-state index in [0.717, 1.165) is 0 Å². The van der Waals surface area contributed by atoms with E-state index in [0.29, 0.717) is 12.0 Å². The molecule has 186 valence electrons. The Morgan fingerprint density at radius 1 is 0.526 bits per heavy atom. The number of rotatable bonds is 3. The van der Waals surface area contributed by atoms with Crippen molar-refractivity contribution in [3.63, 3.8) is 0 Å². The minimum absolute atomic E-state index is 0.295. The molecule has 5 aromatic rings. The van der Waals surface area contributed by atoms with Crippen molar-refractivity contribution in [1.82, 2.24) is 0 Å². The first-order valence-corrected chi connectivity index (χ1v) is 13.9. The lowest BCUT2D eigenvalue weighted by molar-refractivity contribution is 0.698. The first kappa shape index (κ1) is 23.0. The number of para-hydroxylation sites is 1. The molecule has 7 rings (SSSR count). The number of hydrogen-bond acceptors (Lipinski definition) is 1. The Kier molecular flexibility index (Phi) is 5.13. The van der Waals surface area contributed by atoms with E-state index >= 15 is 0 Å². The maximum Gasteiger partial charge on any atom is 0.0754 e. The van der Waals surface area contributed by atoms with Gasteiger partial charge in [0.15, 0.2) is 0 Å². The van der Waals surface area contributed by atoms with Gasteiger partial charge in [0.1, 0.15) is 0 Å². The predicted molar refractivity (Wildman–Crippen MR) is 161 cm³/mol. The van der Waals surface area contributed by atoms with E-state index in [9.17, 15) is 0 Å². The molecule has 5 aromatic carbocycles. The van der Waals surface area contributed by atoms with E-state index < -0.39 is 0 Å². The highest BCUT2D eigenvalue weighted by Crippen LogP contribution is 2.64. The third-order valence-electron chi connectivity index (χ3n) is 8.58. The second-order valence-corrected chi connectivity index (χ2v) is 11.3. The molecule has 38 heavy (non-hydrogen) atoms. The van der Waals surface area contributed by atoms with Gasteiger partial charge in [0.25, 0.3) is 0 Å². The first-order chi connectivity index (χ1) is 18.5. The third kappa shape index (κ3) is 2.93. The van der Waals surface area contributed by atoms with Crippen LogP contribution in [0, 0.1) is 0 Å². The van der Waals surface area contributed by atoms with Crippen molar-refractivity contribution < 1.29 is 0 Å². The second kappa shape index (κ2) is 8.46. The Morgan fingerprint density at radius 2 is 1.08 bits per heavy atom. The van der Waals surface area contributed by atoms with Crippen molar-refractivity contribution in [3.8, 4) is 22.3 Å². The van der Waals surface area contributed by atoms with Gasteiger partial charge < -0.3 is 4.90 Å². The van der Waals surface area contributed by atoms with E-state index in [2.05, 4.69) is 148 Å². The lowest BCUT2D eigenvalue weighted by atomic mass is 9.63.